The topological polar surface area (TPSA) is 119 Å². The highest BCUT2D eigenvalue weighted by Gasteiger charge is 2.30. The molecule has 1 aliphatic carbocycles. The number of aliphatic hydroxyl groups is 2. The Hall–Kier alpha value is -3.00. The van der Waals surface area contributed by atoms with E-state index in [2.05, 4.69) is 22.3 Å². The van der Waals surface area contributed by atoms with Crippen molar-refractivity contribution in [1.29, 1.82) is 0 Å². The van der Waals surface area contributed by atoms with Crippen molar-refractivity contribution in [3.05, 3.63) is 59.9 Å². The number of hydrogen-bond donors (Lipinski definition) is 3. The zero-order valence-corrected chi connectivity index (χ0v) is 16.4. The number of hydrogen-bond acceptors (Lipinski definition) is 7. The van der Waals surface area contributed by atoms with Crippen LogP contribution in [0.4, 0.5) is 0 Å². The van der Waals surface area contributed by atoms with Gasteiger partial charge < -0.3 is 24.9 Å². The van der Waals surface area contributed by atoms with Crippen LogP contribution in [0.1, 0.15) is 24.2 Å². The third-order valence-electron chi connectivity index (χ3n) is 5.68. The molecule has 1 saturated carbocycles. The molecule has 30 heavy (non-hydrogen) atoms. The number of aromatic nitrogens is 2. The van der Waals surface area contributed by atoms with Gasteiger partial charge in [-0.05, 0) is 67.1 Å². The third-order valence-corrected chi connectivity index (χ3v) is 5.68. The Morgan fingerprint density at radius 3 is 2.43 bits per heavy atom. The van der Waals surface area contributed by atoms with Crippen LogP contribution in [0.15, 0.2) is 57.5 Å². The molecule has 2 aromatic carbocycles. The molecule has 4 N–H and O–H groups in total. The lowest BCUT2D eigenvalue weighted by Crippen LogP contribution is -2.43. The fraction of sp³-hybridized carbons (Fsp3) is 0.304. The van der Waals surface area contributed by atoms with Crippen LogP contribution in [-0.4, -0.2) is 33.6 Å². The van der Waals surface area contributed by atoms with Gasteiger partial charge in [0.15, 0.2) is 0 Å². The molecule has 0 bridgehead atoms. The van der Waals surface area contributed by atoms with Crippen LogP contribution in [0.5, 0.6) is 0 Å². The first-order valence-electron chi connectivity index (χ1n) is 10.1. The maximum atomic E-state index is 9.49. The van der Waals surface area contributed by atoms with Crippen LogP contribution >= 0.6 is 0 Å². The largest absolute Gasteiger partial charge is 0.459 e. The summed E-state index contributed by atoms with van der Waals surface area (Å²) in [4.78, 5) is 4.54. The standard InChI is InChI=1S/C23H23N3O4/c24-23(12-27,13-28)20-11-18-10-17(7-8-19(18)29-20)21-25-22(30-26-21)16-5-3-15(4-6-16)9-14-1-2-14/h3-8,10-11,14,27-28H,1-2,9,12-13,24H2. The van der Waals surface area contributed by atoms with Crippen LogP contribution in [-0.2, 0) is 12.0 Å². The third kappa shape index (κ3) is 3.52. The fourth-order valence-electron chi connectivity index (χ4n) is 3.53. The van der Waals surface area contributed by atoms with E-state index < -0.39 is 18.8 Å². The molecule has 1 fully saturated rings. The second-order valence-electron chi connectivity index (χ2n) is 8.10. The quantitative estimate of drug-likeness (QED) is 0.432. The van der Waals surface area contributed by atoms with Crippen molar-refractivity contribution in [2.45, 2.75) is 24.8 Å². The van der Waals surface area contributed by atoms with E-state index in [-0.39, 0.29) is 0 Å². The highest BCUT2D eigenvalue weighted by atomic mass is 16.5. The van der Waals surface area contributed by atoms with Gasteiger partial charge in [0.25, 0.3) is 5.89 Å². The van der Waals surface area contributed by atoms with E-state index in [1.54, 1.807) is 12.1 Å². The van der Waals surface area contributed by atoms with Crippen molar-refractivity contribution in [3.8, 4) is 22.8 Å². The number of nitrogens with two attached hydrogens (primary N) is 1. The SMILES string of the molecule is NC(CO)(CO)c1cc2cc(-c3noc(-c4ccc(CC5CC5)cc4)n3)ccc2o1. The monoisotopic (exact) mass is 405 g/mol. The van der Waals surface area contributed by atoms with Gasteiger partial charge in [0.05, 0.1) is 13.2 Å². The molecule has 154 valence electrons. The first kappa shape index (κ1) is 19.0. The van der Waals surface area contributed by atoms with Gasteiger partial charge in [0.1, 0.15) is 16.9 Å². The summed E-state index contributed by atoms with van der Waals surface area (Å²) in [5.41, 5.74) is 8.27. The second-order valence-corrected chi connectivity index (χ2v) is 8.10. The second kappa shape index (κ2) is 7.36. The summed E-state index contributed by atoms with van der Waals surface area (Å²) < 4.78 is 11.2. The van der Waals surface area contributed by atoms with E-state index in [1.165, 1.54) is 18.4 Å². The molecule has 0 atom stereocenters. The summed E-state index contributed by atoms with van der Waals surface area (Å²) in [7, 11) is 0. The zero-order valence-electron chi connectivity index (χ0n) is 16.4. The van der Waals surface area contributed by atoms with Gasteiger partial charge in [-0.2, -0.15) is 4.98 Å². The predicted octanol–water partition coefficient (Wildman–Crippen LogP) is 3.24. The predicted molar refractivity (Wildman–Crippen MR) is 111 cm³/mol. The molecule has 2 heterocycles. The van der Waals surface area contributed by atoms with Gasteiger partial charge in [-0.3, -0.25) is 0 Å². The summed E-state index contributed by atoms with van der Waals surface area (Å²) in [6.07, 6.45) is 3.81. The Bertz CT molecular complexity index is 1170. The summed E-state index contributed by atoms with van der Waals surface area (Å²) in [5.74, 6) is 2.11. The first-order chi connectivity index (χ1) is 14.6. The molecule has 4 aromatic rings. The van der Waals surface area contributed by atoms with Gasteiger partial charge in [-0.1, -0.05) is 17.3 Å². The van der Waals surface area contributed by atoms with E-state index in [4.69, 9.17) is 14.7 Å². The van der Waals surface area contributed by atoms with E-state index in [1.807, 2.05) is 24.3 Å². The lowest BCUT2D eigenvalue weighted by molar-refractivity contribution is 0.105. The van der Waals surface area contributed by atoms with Crippen LogP contribution < -0.4 is 5.73 Å². The smallest absolute Gasteiger partial charge is 0.258 e. The molecule has 1 aliphatic rings. The van der Waals surface area contributed by atoms with Crippen LogP contribution in [0.25, 0.3) is 33.8 Å². The Balaban J connectivity index is 1.41. The molecule has 0 radical (unpaired) electrons. The minimum atomic E-state index is -1.33. The number of rotatable bonds is 7. The van der Waals surface area contributed by atoms with E-state index >= 15 is 0 Å². The lowest BCUT2D eigenvalue weighted by atomic mass is 10.00. The molecule has 2 aromatic heterocycles. The Morgan fingerprint density at radius 2 is 1.73 bits per heavy atom. The highest BCUT2D eigenvalue weighted by Crippen LogP contribution is 2.33. The number of benzene rings is 2. The minimum Gasteiger partial charge on any atom is -0.459 e. The minimum absolute atomic E-state index is 0.319. The fourth-order valence-corrected chi connectivity index (χ4v) is 3.53. The van der Waals surface area contributed by atoms with Crippen LogP contribution in [0, 0.1) is 5.92 Å². The number of furan rings is 1. The van der Waals surface area contributed by atoms with Gasteiger partial charge in [0.2, 0.25) is 5.82 Å². The van der Waals surface area contributed by atoms with Crippen molar-refractivity contribution >= 4 is 11.0 Å². The van der Waals surface area contributed by atoms with Gasteiger partial charge in [0, 0.05) is 16.5 Å². The molecule has 5 rings (SSSR count). The zero-order chi connectivity index (χ0) is 20.7. The van der Waals surface area contributed by atoms with Gasteiger partial charge in [-0.25, -0.2) is 0 Å². The Labute approximate surface area is 173 Å². The van der Waals surface area contributed by atoms with Gasteiger partial charge >= 0.3 is 0 Å². The maximum Gasteiger partial charge on any atom is 0.258 e. The van der Waals surface area contributed by atoms with Crippen LogP contribution in [0.2, 0.25) is 0 Å². The molecule has 0 amide bonds. The van der Waals surface area contributed by atoms with Crippen molar-refractivity contribution < 1.29 is 19.2 Å². The molecule has 0 aliphatic heterocycles. The molecular weight excluding hydrogens is 382 g/mol. The maximum absolute atomic E-state index is 9.49. The summed E-state index contributed by atoms with van der Waals surface area (Å²) in [6, 6.07) is 15.5. The number of nitrogens with zero attached hydrogens (tertiary/aromatic N) is 2. The average Bonchev–Trinajstić information content (AvgIpc) is 3.28. The van der Waals surface area contributed by atoms with Gasteiger partial charge in [-0.15, -0.1) is 0 Å². The van der Waals surface area contributed by atoms with E-state index in [9.17, 15) is 10.2 Å². The van der Waals surface area contributed by atoms with Crippen molar-refractivity contribution in [1.82, 2.24) is 10.1 Å². The lowest BCUT2D eigenvalue weighted by Gasteiger charge is -2.21. The first-order valence-corrected chi connectivity index (χ1v) is 10.1. The molecule has 0 unspecified atom stereocenters. The summed E-state index contributed by atoms with van der Waals surface area (Å²) >= 11 is 0. The number of aliphatic hydroxyl groups excluding tert-OH is 2. The van der Waals surface area contributed by atoms with Crippen molar-refractivity contribution in [3.63, 3.8) is 0 Å². The molecular formula is C23H23N3O4. The summed E-state index contributed by atoms with van der Waals surface area (Å²) in [5, 5.41) is 23.9. The molecule has 0 saturated heterocycles. The molecule has 0 spiro atoms. The summed E-state index contributed by atoms with van der Waals surface area (Å²) in [6.45, 7) is -0.854. The van der Waals surface area contributed by atoms with E-state index in [0.717, 1.165) is 28.9 Å². The van der Waals surface area contributed by atoms with Crippen molar-refractivity contribution in [2.24, 2.45) is 11.7 Å². The highest BCUT2D eigenvalue weighted by molar-refractivity contribution is 5.83. The molecule has 7 nitrogen and oxygen atoms in total. The Kier molecular flexibility index (Phi) is 4.66. The van der Waals surface area contributed by atoms with Crippen molar-refractivity contribution in [2.75, 3.05) is 13.2 Å². The van der Waals surface area contributed by atoms with E-state index in [0.29, 0.717) is 23.1 Å². The number of fused-ring (bicyclic) bond motifs is 1. The van der Waals surface area contributed by atoms with Crippen LogP contribution in [0.3, 0.4) is 0 Å². The normalized spacial score (nSPS) is 14.5. The average molecular weight is 405 g/mol. The molecule has 7 heteroatoms. The Morgan fingerprint density at radius 1 is 1.00 bits per heavy atom.